The van der Waals surface area contributed by atoms with Crippen LogP contribution in [0.5, 0.6) is 0 Å². The first-order valence-electron chi connectivity index (χ1n) is 6.64. The van der Waals surface area contributed by atoms with Crippen LogP contribution >= 0.6 is 0 Å². The Bertz CT molecular complexity index is 602. The number of rotatable bonds is 5. The van der Waals surface area contributed by atoms with Gasteiger partial charge in [0.25, 0.3) is 0 Å². The number of aromatic nitrogens is 2. The first-order valence-corrected chi connectivity index (χ1v) is 6.64. The van der Waals surface area contributed by atoms with Crippen LogP contribution < -0.4 is 5.73 Å². The van der Waals surface area contributed by atoms with Crippen molar-refractivity contribution in [3.05, 3.63) is 24.0 Å². The zero-order valence-corrected chi connectivity index (χ0v) is 10.8. The van der Waals surface area contributed by atoms with Crippen molar-refractivity contribution in [2.45, 2.75) is 32.4 Å². The summed E-state index contributed by atoms with van der Waals surface area (Å²) in [7, 11) is 0. The van der Waals surface area contributed by atoms with Gasteiger partial charge in [0, 0.05) is 18.8 Å². The summed E-state index contributed by atoms with van der Waals surface area (Å²) in [5.74, 6) is 0.671. The number of nitrogen functional groups attached to an aromatic ring is 1. The van der Waals surface area contributed by atoms with Crippen LogP contribution in [0.4, 0.5) is 5.69 Å². The Kier molecular flexibility index (Phi) is 2.95. The summed E-state index contributed by atoms with van der Waals surface area (Å²) in [6, 6.07) is 5.63. The molecule has 19 heavy (non-hydrogen) atoms. The number of hydrogen-bond acceptors (Lipinski definition) is 4. The van der Waals surface area contributed by atoms with E-state index in [0.717, 1.165) is 36.8 Å². The molecule has 1 heterocycles. The summed E-state index contributed by atoms with van der Waals surface area (Å²) in [5.41, 5.74) is 8.46. The van der Waals surface area contributed by atoms with Gasteiger partial charge in [0.2, 0.25) is 0 Å². The molecule has 0 bridgehead atoms. The second-order valence-corrected chi connectivity index (χ2v) is 5.49. The number of imidazole rings is 1. The van der Waals surface area contributed by atoms with Gasteiger partial charge in [0.1, 0.15) is 12.4 Å². The zero-order chi connectivity index (χ0) is 13.5. The average Bonchev–Trinajstić information content (AvgIpc) is 3.06. The summed E-state index contributed by atoms with van der Waals surface area (Å²) in [5, 5.41) is 18.6. The number of nitrogens with two attached hydrogens (primary N) is 1. The van der Waals surface area contributed by atoms with Crippen LogP contribution in [0.25, 0.3) is 11.0 Å². The Morgan fingerprint density at radius 1 is 1.32 bits per heavy atom. The first-order chi connectivity index (χ1) is 9.17. The third-order valence-electron chi connectivity index (χ3n) is 4.09. The van der Waals surface area contributed by atoms with E-state index in [2.05, 4.69) is 9.55 Å². The van der Waals surface area contributed by atoms with Crippen LogP contribution in [0.1, 0.15) is 25.1 Å². The summed E-state index contributed by atoms with van der Waals surface area (Å²) < 4.78 is 2.07. The topological polar surface area (TPSA) is 84.3 Å². The fourth-order valence-corrected chi connectivity index (χ4v) is 2.73. The van der Waals surface area contributed by atoms with E-state index < -0.39 is 0 Å². The van der Waals surface area contributed by atoms with Gasteiger partial charge in [0.05, 0.1) is 11.0 Å². The molecule has 5 nitrogen and oxygen atoms in total. The molecule has 1 aromatic heterocycles. The van der Waals surface area contributed by atoms with E-state index in [1.165, 1.54) is 0 Å². The minimum atomic E-state index is -0.0796. The number of hydrogen-bond donors (Lipinski definition) is 3. The fourth-order valence-electron chi connectivity index (χ4n) is 2.73. The lowest BCUT2D eigenvalue weighted by atomic mass is 10.0. The van der Waals surface area contributed by atoms with Crippen molar-refractivity contribution < 1.29 is 10.2 Å². The molecular weight excluding hydrogens is 242 g/mol. The predicted octanol–water partition coefficient (Wildman–Crippen LogP) is 1.27. The zero-order valence-electron chi connectivity index (χ0n) is 10.8. The van der Waals surface area contributed by atoms with Crippen LogP contribution in [0, 0.1) is 5.41 Å². The Hall–Kier alpha value is -1.59. The highest BCUT2D eigenvalue weighted by Crippen LogP contribution is 2.50. The van der Waals surface area contributed by atoms with E-state index in [0.29, 0.717) is 11.5 Å². The van der Waals surface area contributed by atoms with E-state index in [1.807, 2.05) is 18.2 Å². The standard InChI is InChI=1S/C14H19N3O2/c15-10-1-2-12-11(7-10)16-13(8-19)17(12)9-14(3-4-14)5-6-18/h1-2,7,18-19H,3-6,8-9,15H2. The Morgan fingerprint density at radius 2 is 2.11 bits per heavy atom. The van der Waals surface area contributed by atoms with Gasteiger partial charge in [-0.2, -0.15) is 0 Å². The monoisotopic (exact) mass is 261 g/mol. The third-order valence-corrected chi connectivity index (χ3v) is 4.09. The Labute approximate surface area is 111 Å². The normalized spacial score (nSPS) is 16.9. The molecule has 0 radical (unpaired) electrons. The molecule has 1 aliphatic rings. The number of fused-ring (bicyclic) bond motifs is 1. The van der Waals surface area contributed by atoms with E-state index in [-0.39, 0.29) is 18.6 Å². The van der Waals surface area contributed by atoms with Gasteiger partial charge < -0.3 is 20.5 Å². The average molecular weight is 261 g/mol. The molecule has 1 aromatic carbocycles. The van der Waals surface area contributed by atoms with Crippen molar-refractivity contribution in [3.8, 4) is 0 Å². The van der Waals surface area contributed by atoms with E-state index >= 15 is 0 Å². The minimum Gasteiger partial charge on any atom is -0.399 e. The summed E-state index contributed by atoms with van der Waals surface area (Å²) in [6.07, 6.45) is 3.08. The van der Waals surface area contributed by atoms with Gasteiger partial charge in [0.15, 0.2) is 0 Å². The fraction of sp³-hybridized carbons (Fsp3) is 0.500. The predicted molar refractivity (Wildman–Crippen MR) is 73.4 cm³/mol. The molecule has 5 heteroatoms. The largest absolute Gasteiger partial charge is 0.399 e. The van der Waals surface area contributed by atoms with E-state index in [9.17, 15) is 5.11 Å². The third kappa shape index (κ3) is 2.19. The molecule has 1 fully saturated rings. The number of benzene rings is 1. The molecule has 0 saturated heterocycles. The highest BCUT2D eigenvalue weighted by atomic mass is 16.3. The lowest BCUT2D eigenvalue weighted by molar-refractivity contribution is 0.229. The summed E-state index contributed by atoms with van der Waals surface area (Å²) in [6.45, 7) is 0.946. The maximum atomic E-state index is 9.47. The van der Waals surface area contributed by atoms with Gasteiger partial charge in [-0.05, 0) is 42.9 Å². The van der Waals surface area contributed by atoms with Crippen LogP contribution in [-0.4, -0.2) is 26.4 Å². The van der Waals surface area contributed by atoms with Gasteiger partial charge in [-0.25, -0.2) is 4.98 Å². The van der Waals surface area contributed by atoms with Crippen molar-refractivity contribution in [1.82, 2.24) is 9.55 Å². The van der Waals surface area contributed by atoms with Crippen LogP contribution in [0.3, 0.4) is 0 Å². The lowest BCUT2D eigenvalue weighted by Crippen LogP contribution is -2.15. The highest BCUT2D eigenvalue weighted by molar-refractivity contribution is 5.79. The molecular formula is C14H19N3O2. The molecule has 3 rings (SSSR count). The van der Waals surface area contributed by atoms with Crippen molar-refractivity contribution in [2.75, 3.05) is 12.3 Å². The minimum absolute atomic E-state index is 0.0796. The molecule has 102 valence electrons. The molecule has 1 aliphatic carbocycles. The number of aliphatic hydroxyl groups is 2. The lowest BCUT2D eigenvalue weighted by Gasteiger charge is -2.16. The number of nitrogens with zero attached hydrogens (tertiary/aromatic N) is 2. The van der Waals surface area contributed by atoms with Crippen LogP contribution in [-0.2, 0) is 13.2 Å². The first kappa shape index (κ1) is 12.4. The Balaban J connectivity index is 2.01. The van der Waals surface area contributed by atoms with Gasteiger partial charge in [-0.15, -0.1) is 0 Å². The summed E-state index contributed by atoms with van der Waals surface area (Å²) in [4.78, 5) is 4.43. The maximum absolute atomic E-state index is 9.47. The van der Waals surface area contributed by atoms with Crippen molar-refractivity contribution >= 4 is 16.7 Å². The second kappa shape index (κ2) is 4.51. The van der Waals surface area contributed by atoms with Gasteiger partial charge in [-0.1, -0.05) is 0 Å². The van der Waals surface area contributed by atoms with E-state index in [1.54, 1.807) is 0 Å². The summed E-state index contributed by atoms with van der Waals surface area (Å²) >= 11 is 0. The number of aliphatic hydroxyl groups excluding tert-OH is 2. The maximum Gasteiger partial charge on any atom is 0.135 e. The SMILES string of the molecule is Nc1ccc2c(c1)nc(CO)n2CC1(CCO)CC1. The van der Waals surface area contributed by atoms with Gasteiger partial charge >= 0.3 is 0 Å². The molecule has 0 unspecified atom stereocenters. The number of anilines is 1. The van der Waals surface area contributed by atoms with E-state index in [4.69, 9.17) is 10.8 Å². The quantitative estimate of drug-likeness (QED) is 0.708. The molecule has 4 N–H and O–H groups in total. The molecule has 0 aliphatic heterocycles. The van der Waals surface area contributed by atoms with Crippen LogP contribution in [0.2, 0.25) is 0 Å². The molecule has 1 saturated carbocycles. The molecule has 0 atom stereocenters. The van der Waals surface area contributed by atoms with Crippen molar-refractivity contribution in [3.63, 3.8) is 0 Å². The second-order valence-electron chi connectivity index (χ2n) is 5.49. The molecule has 2 aromatic rings. The molecule has 0 spiro atoms. The van der Waals surface area contributed by atoms with Gasteiger partial charge in [-0.3, -0.25) is 0 Å². The van der Waals surface area contributed by atoms with Crippen molar-refractivity contribution in [1.29, 1.82) is 0 Å². The van der Waals surface area contributed by atoms with Crippen LogP contribution in [0.15, 0.2) is 18.2 Å². The Morgan fingerprint density at radius 3 is 2.74 bits per heavy atom. The van der Waals surface area contributed by atoms with Crippen molar-refractivity contribution in [2.24, 2.45) is 5.41 Å². The molecule has 0 amide bonds. The highest BCUT2D eigenvalue weighted by Gasteiger charge is 2.42. The smallest absolute Gasteiger partial charge is 0.135 e.